The van der Waals surface area contributed by atoms with Crippen LogP contribution in [0.5, 0.6) is 0 Å². The topological polar surface area (TPSA) is 50.9 Å². The largest absolute Gasteiger partial charge is 0.271 e. The van der Waals surface area contributed by atoms with Crippen LogP contribution in [-0.4, -0.2) is 11.0 Å². The lowest BCUT2D eigenvalue weighted by molar-refractivity contribution is 0.421. The quantitative estimate of drug-likeness (QED) is 0.495. The van der Waals surface area contributed by atoms with Crippen molar-refractivity contribution in [2.24, 2.45) is 5.84 Å². The van der Waals surface area contributed by atoms with E-state index in [1.54, 1.807) is 5.57 Å². The molecule has 2 aliphatic rings. The molecule has 2 aliphatic carbocycles. The van der Waals surface area contributed by atoms with E-state index in [9.17, 15) is 0 Å². The van der Waals surface area contributed by atoms with Crippen molar-refractivity contribution in [3.05, 3.63) is 41.2 Å². The Morgan fingerprint density at radius 1 is 1.37 bits per heavy atom. The van der Waals surface area contributed by atoms with E-state index in [1.807, 2.05) is 12.3 Å². The Labute approximate surface area is 115 Å². The molecule has 3 rings (SSSR count). The van der Waals surface area contributed by atoms with Gasteiger partial charge in [0, 0.05) is 23.9 Å². The predicted octanol–water partition coefficient (Wildman–Crippen LogP) is 2.83. The fraction of sp³-hybridized carbons (Fsp3) is 0.562. The smallest absolute Gasteiger partial charge is 0.0482 e. The second-order valence-corrected chi connectivity index (χ2v) is 5.78. The fourth-order valence-corrected chi connectivity index (χ4v) is 3.53. The summed E-state index contributed by atoms with van der Waals surface area (Å²) in [5.74, 6) is 6.30. The molecule has 0 amide bonds. The lowest BCUT2D eigenvalue weighted by Gasteiger charge is -2.25. The molecule has 0 saturated carbocycles. The number of rotatable bonds is 4. The summed E-state index contributed by atoms with van der Waals surface area (Å²) >= 11 is 0. The molecule has 19 heavy (non-hydrogen) atoms. The van der Waals surface area contributed by atoms with Gasteiger partial charge in [-0.05, 0) is 56.6 Å². The summed E-state index contributed by atoms with van der Waals surface area (Å²) in [7, 11) is 0. The number of hydrazine groups is 1. The van der Waals surface area contributed by atoms with Crippen molar-refractivity contribution >= 4 is 0 Å². The van der Waals surface area contributed by atoms with E-state index in [-0.39, 0.29) is 0 Å². The van der Waals surface area contributed by atoms with Crippen LogP contribution < -0.4 is 11.3 Å². The zero-order chi connectivity index (χ0) is 13.1. The highest BCUT2D eigenvalue weighted by atomic mass is 15.2. The van der Waals surface area contributed by atoms with Gasteiger partial charge in [-0.25, -0.2) is 0 Å². The van der Waals surface area contributed by atoms with Gasteiger partial charge in [0.05, 0.1) is 0 Å². The summed E-state index contributed by atoms with van der Waals surface area (Å²) in [5.41, 5.74) is 7.31. The fourth-order valence-electron chi connectivity index (χ4n) is 3.53. The number of hydrogen-bond acceptors (Lipinski definition) is 3. The number of aryl methyl sites for hydroxylation is 1. The Morgan fingerprint density at radius 3 is 3.11 bits per heavy atom. The summed E-state index contributed by atoms with van der Waals surface area (Å²) in [6.45, 7) is 0. The molecule has 2 atom stereocenters. The molecule has 1 heterocycles. The van der Waals surface area contributed by atoms with Gasteiger partial charge in [0.2, 0.25) is 0 Å². The van der Waals surface area contributed by atoms with Crippen LogP contribution in [0.3, 0.4) is 0 Å². The summed E-state index contributed by atoms with van der Waals surface area (Å²) in [6.07, 6.45) is 12.9. The molecule has 0 aliphatic heterocycles. The van der Waals surface area contributed by atoms with Crippen molar-refractivity contribution < 1.29 is 0 Å². The highest BCUT2D eigenvalue weighted by Gasteiger charge is 2.30. The van der Waals surface area contributed by atoms with Crippen LogP contribution in [0, 0.1) is 0 Å². The molecule has 1 aromatic rings. The molecule has 1 aromatic heterocycles. The Kier molecular flexibility index (Phi) is 3.95. The molecule has 0 bridgehead atoms. The summed E-state index contributed by atoms with van der Waals surface area (Å²) in [6, 6.07) is 4.58. The predicted molar refractivity (Wildman–Crippen MR) is 77.6 cm³/mol. The number of nitrogens with one attached hydrogen (secondary N) is 1. The first-order chi connectivity index (χ1) is 9.38. The molecule has 0 spiro atoms. The van der Waals surface area contributed by atoms with Crippen molar-refractivity contribution in [3.63, 3.8) is 0 Å². The molecule has 0 saturated heterocycles. The average Bonchev–Trinajstić information content (AvgIpc) is 2.90. The Morgan fingerprint density at radius 2 is 2.32 bits per heavy atom. The number of fused-ring (bicyclic) bond motifs is 1. The molecule has 102 valence electrons. The van der Waals surface area contributed by atoms with Gasteiger partial charge in [-0.1, -0.05) is 17.7 Å². The average molecular weight is 257 g/mol. The lowest BCUT2D eigenvalue weighted by Crippen LogP contribution is -2.39. The molecular formula is C16H23N3. The molecule has 0 aromatic carbocycles. The first-order valence-electron chi connectivity index (χ1n) is 7.46. The van der Waals surface area contributed by atoms with Crippen molar-refractivity contribution in [2.45, 2.75) is 56.9 Å². The maximum absolute atomic E-state index is 5.82. The molecule has 3 nitrogen and oxygen atoms in total. The van der Waals surface area contributed by atoms with Crippen molar-refractivity contribution in [3.8, 4) is 0 Å². The highest BCUT2D eigenvalue weighted by Crippen LogP contribution is 2.36. The van der Waals surface area contributed by atoms with Crippen LogP contribution in [0.2, 0.25) is 0 Å². The van der Waals surface area contributed by atoms with Crippen LogP contribution in [0.4, 0.5) is 0 Å². The molecule has 3 heteroatoms. The van der Waals surface area contributed by atoms with Crippen molar-refractivity contribution in [1.29, 1.82) is 0 Å². The van der Waals surface area contributed by atoms with E-state index >= 15 is 0 Å². The van der Waals surface area contributed by atoms with Gasteiger partial charge in [-0.15, -0.1) is 0 Å². The lowest BCUT2D eigenvalue weighted by atomic mass is 9.87. The molecule has 0 fully saturated rings. The minimum Gasteiger partial charge on any atom is -0.271 e. The van der Waals surface area contributed by atoms with Gasteiger partial charge < -0.3 is 0 Å². The van der Waals surface area contributed by atoms with Crippen molar-refractivity contribution in [1.82, 2.24) is 10.4 Å². The molecular weight excluding hydrogens is 234 g/mol. The second-order valence-electron chi connectivity index (χ2n) is 5.78. The summed E-state index contributed by atoms with van der Waals surface area (Å²) in [5, 5.41) is 0. The molecule has 0 radical (unpaired) electrons. The third-order valence-corrected chi connectivity index (χ3v) is 4.57. The number of aromatic nitrogens is 1. The van der Waals surface area contributed by atoms with E-state index in [0.717, 1.165) is 12.8 Å². The zero-order valence-electron chi connectivity index (χ0n) is 11.4. The van der Waals surface area contributed by atoms with Crippen LogP contribution in [0.15, 0.2) is 30.0 Å². The normalized spacial score (nSPS) is 23.8. The number of nitrogens with zero attached hydrogens (tertiary/aromatic N) is 1. The minimum atomic E-state index is 0.334. The standard InChI is InChI=1S/C16H23N3/c17-19-15(11-12-5-2-1-3-6-12)14-9-8-13-7-4-10-18-16(13)14/h4-5,7,10,14-15,19H,1-3,6,8-9,11,17H2. The van der Waals surface area contributed by atoms with Gasteiger partial charge in [-0.2, -0.15) is 0 Å². The van der Waals surface area contributed by atoms with Crippen LogP contribution >= 0.6 is 0 Å². The van der Waals surface area contributed by atoms with E-state index in [0.29, 0.717) is 12.0 Å². The van der Waals surface area contributed by atoms with Gasteiger partial charge in [-0.3, -0.25) is 16.3 Å². The third-order valence-electron chi connectivity index (χ3n) is 4.57. The molecule has 2 unspecified atom stereocenters. The second kappa shape index (κ2) is 5.85. The van der Waals surface area contributed by atoms with Crippen LogP contribution in [0.1, 0.15) is 55.7 Å². The maximum atomic E-state index is 5.82. The Hall–Kier alpha value is -1.19. The molecule has 3 N–H and O–H groups in total. The number of allylic oxidation sites excluding steroid dienone is 1. The van der Waals surface area contributed by atoms with Crippen molar-refractivity contribution in [2.75, 3.05) is 0 Å². The summed E-state index contributed by atoms with van der Waals surface area (Å²) < 4.78 is 0. The monoisotopic (exact) mass is 257 g/mol. The highest BCUT2D eigenvalue weighted by molar-refractivity contribution is 5.30. The van der Waals surface area contributed by atoms with E-state index in [4.69, 9.17) is 5.84 Å². The summed E-state index contributed by atoms with van der Waals surface area (Å²) in [4.78, 5) is 4.59. The van der Waals surface area contributed by atoms with Crippen LogP contribution in [-0.2, 0) is 6.42 Å². The minimum absolute atomic E-state index is 0.334. The van der Waals surface area contributed by atoms with Gasteiger partial charge >= 0.3 is 0 Å². The zero-order valence-corrected chi connectivity index (χ0v) is 11.4. The first-order valence-corrected chi connectivity index (χ1v) is 7.46. The van der Waals surface area contributed by atoms with Crippen LogP contribution in [0.25, 0.3) is 0 Å². The van der Waals surface area contributed by atoms with Gasteiger partial charge in [0.1, 0.15) is 0 Å². The Balaban J connectivity index is 1.74. The number of hydrogen-bond donors (Lipinski definition) is 2. The Bertz CT molecular complexity index is 467. The van der Waals surface area contributed by atoms with E-state index in [2.05, 4.69) is 22.6 Å². The van der Waals surface area contributed by atoms with E-state index < -0.39 is 0 Å². The number of nitrogens with two attached hydrogens (primary N) is 1. The maximum Gasteiger partial charge on any atom is 0.0482 e. The van der Waals surface area contributed by atoms with Gasteiger partial charge in [0.15, 0.2) is 0 Å². The first kappa shape index (κ1) is 12.8. The number of pyridine rings is 1. The van der Waals surface area contributed by atoms with E-state index in [1.165, 1.54) is 43.4 Å². The third kappa shape index (κ3) is 2.72. The SMILES string of the molecule is NNC(CC1=CCCCC1)C1CCc2cccnc21. The van der Waals surface area contributed by atoms with Gasteiger partial charge in [0.25, 0.3) is 0 Å².